The third-order valence-corrected chi connectivity index (χ3v) is 10.4. The van der Waals surface area contributed by atoms with E-state index in [2.05, 4.69) is 11.0 Å². The van der Waals surface area contributed by atoms with Crippen molar-refractivity contribution in [2.45, 2.75) is 75.0 Å². The van der Waals surface area contributed by atoms with Gasteiger partial charge in [-0.2, -0.15) is 13.2 Å². The molecule has 1 aromatic rings. The smallest absolute Gasteiger partial charge is 0.397 e. The van der Waals surface area contributed by atoms with Crippen LogP contribution in [0.15, 0.2) is 18.2 Å². The zero-order chi connectivity index (χ0) is 22.8. The van der Waals surface area contributed by atoms with Crippen LogP contribution in [0.3, 0.4) is 0 Å². The maximum atomic E-state index is 13.1. The van der Waals surface area contributed by atoms with Crippen molar-refractivity contribution >= 4 is 5.91 Å². The highest BCUT2D eigenvalue weighted by Crippen LogP contribution is 2.75. The molecule has 5 fully saturated rings. The van der Waals surface area contributed by atoms with Crippen LogP contribution in [0.25, 0.3) is 0 Å². The van der Waals surface area contributed by atoms with Crippen molar-refractivity contribution in [3.8, 4) is 5.75 Å². The van der Waals surface area contributed by atoms with Gasteiger partial charge in [0.05, 0.1) is 0 Å². The topological polar surface area (TPSA) is 43.8 Å². The van der Waals surface area contributed by atoms with Crippen LogP contribution >= 0.6 is 0 Å². The number of halogens is 3. The van der Waals surface area contributed by atoms with E-state index < -0.39 is 18.5 Å². The number of carbonyl (C=O) groups excluding carboxylic acids is 1. The second-order valence-corrected chi connectivity index (χ2v) is 11.8. The average Bonchev–Trinajstić information content (AvgIpc) is 3.42. The Kier molecular flexibility index (Phi) is 4.04. The fourth-order valence-corrected chi connectivity index (χ4v) is 9.50. The highest BCUT2D eigenvalue weighted by atomic mass is 19.4. The fourth-order valence-electron chi connectivity index (χ4n) is 9.50. The first kappa shape index (κ1) is 20.6. The Morgan fingerprint density at radius 3 is 2.76 bits per heavy atom. The largest absolute Gasteiger partial charge is 0.508 e. The molecule has 6 atom stereocenters. The predicted molar refractivity (Wildman–Crippen MR) is 116 cm³/mol. The summed E-state index contributed by atoms with van der Waals surface area (Å²) in [6, 6.07) is 6.18. The summed E-state index contributed by atoms with van der Waals surface area (Å²) in [4.78, 5) is 17.1. The number of aromatic hydroxyl groups is 1. The number of rotatable bonds is 3. The SMILES string of the molecule is O=C(CC(F)(F)F)N1C[C@H]2CC34CCC1C2C31CCN(CC2CC2)C4Cc2ccc(O)cc21. The molecule has 0 spiro atoms. The molecule has 1 N–H and O–H groups in total. The number of amides is 1. The number of hydrogen-bond acceptors (Lipinski definition) is 3. The number of carbonyl (C=O) groups is 1. The van der Waals surface area contributed by atoms with Crippen LogP contribution in [0.2, 0.25) is 0 Å². The second-order valence-electron chi connectivity index (χ2n) is 11.8. The van der Waals surface area contributed by atoms with Gasteiger partial charge in [-0.15, -0.1) is 0 Å². The molecular weight excluding hydrogens is 429 g/mol. The molecule has 4 bridgehead atoms. The van der Waals surface area contributed by atoms with E-state index in [4.69, 9.17) is 0 Å². The molecule has 2 heterocycles. The molecule has 0 radical (unpaired) electrons. The number of phenols is 1. The van der Waals surface area contributed by atoms with E-state index in [1.807, 2.05) is 6.07 Å². The van der Waals surface area contributed by atoms with E-state index in [0.29, 0.717) is 12.6 Å². The Morgan fingerprint density at radius 2 is 2.00 bits per heavy atom. The van der Waals surface area contributed by atoms with E-state index >= 15 is 0 Å². The quantitative estimate of drug-likeness (QED) is 0.734. The molecule has 1 amide bonds. The molecule has 6 aliphatic rings. The van der Waals surface area contributed by atoms with E-state index in [0.717, 1.165) is 44.6 Å². The number of nitrogens with zero attached hydrogens (tertiary/aromatic N) is 2. The number of phenolic OH excluding ortho intramolecular Hbond substituents is 1. The Morgan fingerprint density at radius 1 is 1.18 bits per heavy atom. The Hall–Kier alpha value is -1.76. The summed E-state index contributed by atoms with van der Waals surface area (Å²) in [5.74, 6) is 0.809. The molecule has 3 saturated carbocycles. The third-order valence-electron chi connectivity index (χ3n) is 10.4. The maximum Gasteiger partial charge on any atom is 0.397 e. The van der Waals surface area contributed by atoms with Crippen molar-refractivity contribution in [1.82, 2.24) is 9.80 Å². The molecule has 5 unspecified atom stereocenters. The van der Waals surface area contributed by atoms with Gasteiger partial charge in [0, 0.05) is 30.6 Å². The molecule has 7 heteroatoms. The lowest BCUT2D eigenvalue weighted by Crippen LogP contribution is -2.70. The number of fused-ring (bicyclic) bond motifs is 1. The standard InChI is InChI=1S/C26H31F3N2O2/c27-26(28,29)12-22(33)31-14-17-11-24-6-5-20(31)23(17)25(24)7-8-30(13-15-1-2-15)21(24)9-16-3-4-18(32)10-19(16)25/h3-4,10,15,17,20-21,23,32H,1-2,5-9,11-14H2/t17-,20?,21?,23?,24?,25?/m1/s1. The first-order chi connectivity index (χ1) is 15.7. The normalized spacial score (nSPS) is 41.1. The van der Waals surface area contributed by atoms with Crippen molar-refractivity contribution in [2.75, 3.05) is 19.6 Å². The lowest BCUT2D eigenvalue weighted by Gasteiger charge is -2.66. The number of alkyl halides is 3. The highest BCUT2D eigenvalue weighted by Gasteiger charge is 2.76. The molecule has 1 aromatic carbocycles. The van der Waals surface area contributed by atoms with Gasteiger partial charge in [-0.1, -0.05) is 6.07 Å². The van der Waals surface area contributed by atoms with Gasteiger partial charge < -0.3 is 10.0 Å². The van der Waals surface area contributed by atoms with Crippen LogP contribution in [0, 0.1) is 23.2 Å². The van der Waals surface area contributed by atoms with Crippen molar-refractivity contribution in [1.29, 1.82) is 0 Å². The molecule has 2 saturated heterocycles. The van der Waals surface area contributed by atoms with Gasteiger partial charge in [0.25, 0.3) is 0 Å². The summed E-state index contributed by atoms with van der Waals surface area (Å²) in [6.07, 6.45) is 1.63. The minimum absolute atomic E-state index is 0.107. The summed E-state index contributed by atoms with van der Waals surface area (Å²) in [5, 5.41) is 10.5. The van der Waals surface area contributed by atoms with Crippen molar-refractivity contribution < 1.29 is 23.1 Å². The molecule has 178 valence electrons. The predicted octanol–water partition coefficient (Wildman–Crippen LogP) is 4.25. The van der Waals surface area contributed by atoms with Crippen LogP contribution < -0.4 is 0 Å². The molecule has 33 heavy (non-hydrogen) atoms. The molecule has 4 nitrogen and oxygen atoms in total. The van der Waals surface area contributed by atoms with Gasteiger partial charge in [-0.3, -0.25) is 9.69 Å². The van der Waals surface area contributed by atoms with Crippen molar-refractivity contribution in [3.63, 3.8) is 0 Å². The molecule has 2 aliphatic heterocycles. The van der Waals surface area contributed by atoms with E-state index in [1.165, 1.54) is 30.5 Å². The number of likely N-dealkylation sites (tertiary alicyclic amines) is 2. The van der Waals surface area contributed by atoms with Crippen LogP contribution in [0.4, 0.5) is 13.2 Å². The zero-order valence-corrected chi connectivity index (χ0v) is 18.8. The minimum atomic E-state index is -4.46. The van der Waals surface area contributed by atoms with Crippen LogP contribution in [0.5, 0.6) is 5.75 Å². The number of hydrogen-bond donors (Lipinski definition) is 1. The van der Waals surface area contributed by atoms with E-state index in [1.54, 1.807) is 11.0 Å². The number of benzene rings is 1. The lowest BCUT2D eigenvalue weighted by atomic mass is 9.43. The van der Waals surface area contributed by atoms with Gasteiger partial charge in [-0.05, 0) is 97.9 Å². The first-order valence-electron chi connectivity index (χ1n) is 12.6. The lowest BCUT2D eigenvalue weighted by molar-refractivity contribution is -0.165. The zero-order valence-electron chi connectivity index (χ0n) is 18.8. The summed E-state index contributed by atoms with van der Waals surface area (Å²) < 4.78 is 39.2. The van der Waals surface area contributed by atoms with Gasteiger partial charge in [0.15, 0.2) is 0 Å². The van der Waals surface area contributed by atoms with Crippen LogP contribution in [-0.2, 0) is 16.6 Å². The van der Waals surface area contributed by atoms with Crippen molar-refractivity contribution in [2.24, 2.45) is 23.2 Å². The van der Waals surface area contributed by atoms with Crippen LogP contribution in [0.1, 0.15) is 56.1 Å². The summed E-state index contributed by atoms with van der Waals surface area (Å²) in [6.45, 7) is 2.66. The fraction of sp³-hybridized carbons (Fsp3) is 0.731. The number of piperidine rings is 1. The molecule has 0 aromatic heterocycles. The Labute approximate surface area is 192 Å². The minimum Gasteiger partial charge on any atom is -0.508 e. The summed E-state index contributed by atoms with van der Waals surface area (Å²) in [7, 11) is 0. The van der Waals surface area contributed by atoms with Gasteiger partial charge in [0.2, 0.25) is 5.91 Å². The van der Waals surface area contributed by atoms with Gasteiger partial charge >= 0.3 is 6.18 Å². The highest BCUT2D eigenvalue weighted by molar-refractivity contribution is 5.78. The maximum absolute atomic E-state index is 13.1. The van der Waals surface area contributed by atoms with Crippen LogP contribution in [-0.4, -0.2) is 58.7 Å². The Balaban J connectivity index is 1.33. The first-order valence-corrected chi connectivity index (χ1v) is 12.6. The molecule has 4 aliphatic carbocycles. The average molecular weight is 461 g/mol. The monoisotopic (exact) mass is 460 g/mol. The van der Waals surface area contributed by atoms with Gasteiger partial charge in [-0.25, -0.2) is 0 Å². The third kappa shape index (κ3) is 2.66. The summed E-state index contributed by atoms with van der Waals surface area (Å²) >= 11 is 0. The molecular formula is C26H31F3N2O2. The molecule has 7 rings (SSSR count). The second kappa shape index (κ2) is 6.46. The Bertz CT molecular complexity index is 1020. The van der Waals surface area contributed by atoms with Crippen molar-refractivity contribution in [3.05, 3.63) is 29.3 Å². The van der Waals surface area contributed by atoms with Gasteiger partial charge in [0.1, 0.15) is 12.2 Å². The van der Waals surface area contributed by atoms with E-state index in [9.17, 15) is 23.1 Å². The summed E-state index contributed by atoms with van der Waals surface area (Å²) in [5.41, 5.74) is 2.53. The van der Waals surface area contributed by atoms with E-state index in [-0.39, 0.29) is 34.5 Å².